The summed E-state index contributed by atoms with van der Waals surface area (Å²) in [4.78, 5) is 0. The molecular formula is C11H12O2. The lowest BCUT2D eigenvalue weighted by molar-refractivity contribution is 0.410. The van der Waals surface area contributed by atoms with Crippen molar-refractivity contribution in [3.05, 3.63) is 30.0 Å². The fraction of sp³-hybridized carbons (Fsp3) is 0.273. The van der Waals surface area contributed by atoms with E-state index in [2.05, 4.69) is 13.0 Å². The van der Waals surface area contributed by atoms with Crippen molar-refractivity contribution in [2.75, 3.05) is 7.11 Å². The second kappa shape index (κ2) is 3.13. The smallest absolute Gasteiger partial charge is 0.175 e. The number of rotatable bonds is 2. The van der Waals surface area contributed by atoms with E-state index in [-0.39, 0.29) is 0 Å². The van der Waals surface area contributed by atoms with Gasteiger partial charge in [-0.2, -0.15) is 0 Å². The molecule has 1 aromatic heterocycles. The predicted molar refractivity (Wildman–Crippen MR) is 52.1 cm³/mol. The third-order valence-corrected chi connectivity index (χ3v) is 2.24. The zero-order valence-electron chi connectivity index (χ0n) is 7.83. The molecule has 68 valence electrons. The molecule has 0 N–H and O–H groups in total. The first-order chi connectivity index (χ1) is 6.36. The lowest BCUT2D eigenvalue weighted by Gasteiger charge is -1.99. The van der Waals surface area contributed by atoms with Crippen LogP contribution in [0.1, 0.15) is 12.5 Å². The Hall–Kier alpha value is -1.44. The summed E-state index contributed by atoms with van der Waals surface area (Å²) in [6.45, 7) is 2.11. The molecule has 0 bridgehead atoms. The quantitative estimate of drug-likeness (QED) is 0.701. The Morgan fingerprint density at radius 2 is 2.23 bits per heavy atom. The van der Waals surface area contributed by atoms with Crippen LogP contribution in [0.5, 0.6) is 5.75 Å². The molecule has 0 saturated carbocycles. The molecule has 0 aliphatic rings. The van der Waals surface area contributed by atoms with Crippen molar-refractivity contribution >= 4 is 11.0 Å². The van der Waals surface area contributed by atoms with Crippen LogP contribution in [0.4, 0.5) is 0 Å². The molecule has 13 heavy (non-hydrogen) atoms. The van der Waals surface area contributed by atoms with Gasteiger partial charge in [0.05, 0.1) is 13.4 Å². The third kappa shape index (κ3) is 1.18. The van der Waals surface area contributed by atoms with E-state index in [4.69, 9.17) is 9.15 Å². The molecule has 2 heteroatoms. The van der Waals surface area contributed by atoms with Crippen molar-refractivity contribution in [1.82, 2.24) is 0 Å². The molecule has 2 rings (SSSR count). The number of para-hydroxylation sites is 1. The van der Waals surface area contributed by atoms with Gasteiger partial charge in [-0.3, -0.25) is 0 Å². The van der Waals surface area contributed by atoms with Crippen molar-refractivity contribution in [2.24, 2.45) is 0 Å². The lowest BCUT2D eigenvalue weighted by atomic mass is 10.1. The minimum absolute atomic E-state index is 0.803. The van der Waals surface area contributed by atoms with Gasteiger partial charge in [0.15, 0.2) is 11.3 Å². The van der Waals surface area contributed by atoms with E-state index in [1.165, 1.54) is 5.56 Å². The van der Waals surface area contributed by atoms with Crippen LogP contribution in [0, 0.1) is 0 Å². The highest BCUT2D eigenvalue weighted by Crippen LogP contribution is 2.29. The average molecular weight is 176 g/mol. The van der Waals surface area contributed by atoms with Gasteiger partial charge in [0, 0.05) is 5.39 Å². The zero-order chi connectivity index (χ0) is 9.26. The van der Waals surface area contributed by atoms with Gasteiger partial charge in [-0.25, -0.2) is 0 Å². The molecule has 0 unspecified atom stereocenters. The summed E-state index contributed by atoms with van der Waals surface area (Å²) in [5.74, 6) is 0.803. The minimum Gasteiger partial charge on any atom is -0.493 e. The Bertz CT molecular complexity index is 415. The zero-order valence-corrected chi connectivity index (χ0v) is 7.83. The van der Waals surface area contributed by atoms with Crippen LogP contribution in [0.2, 0.25) is 0 Å². The highest BCUT2D eigenvalue weighted by Gasteiger charge is 2.07. The minimum atomic E-state index is 0.803. The molecule has 2 nitrogen and oxygen atoms in total. The average Bonchev–Trinajstić information content (AvgIpc) is 2.60. The lowest BCUT2D eigenvalue weighted by Crippen LogP contribution is -1.82. The summed E-state index contributed by atoms with van der Waals surface area (Å²) in [7, 11) is 1.66. The summed E-state index contributed by atoms with van der Waals surface area (Å²) < 4.78 is 10.6. The van der Waals surface area contributed by atoms with Crippen LogP contribution in [0.3, 0.4) is 0 Å². The van der Waals surface area contributed by atoms with Crippen LogP contribution in [-0.4, -0.2) is 7.11 Å². The summed E-state index contributed by atoms with van der Waals surface area (Å²) in [6.07, 6.45) is 2.79. The molecule has 0 amide bonds. The molecule has 0 aliphatic carbocycles. The number of benzene rings is 1. The van der Waals surface area contributed by atoms with E-state index < -0.39 is 0 Å². The summed E-state index contributed by atoms with van der Waals surface area (Å²) in [6, 6.07) is 5.95. The normalized spacial score (nSPS) is 10.6. The van der Waals surface area contributed by atoms with Crippen molar-refractivity contribution in [3.8, 4) is 5.75 Å². The van der Waals surface area contributed by atoms with E-state index in [1.54, 1.807) is 13.4 Å². The van der Waals surface area contributed by atoms with E-state index in [1.807, 2.05) is 12.1 Å². The fourth-order valence-corrected chi connectivity index (χ4v) is 1.52. The van der Waals surface area contributed by atoms with Gasteiger partial charge in [0.1, 0.15) is 0 Å². The van der Waals surface area contributed by atoms with Gasteiger partial charge in [-0.05, 0) is 18.1 Å². The highest BCUT2D eigenvalue weighted by atomic mass is 16.5. The number of aryl methyl sites for hydroxylation is 1. The monoisotopic (exact) mass is 176 g/mol. The number of hydrogen-bond donors (Lipinski definition) is 0. The van der Waals surface area contributed by atoms with Crippen LogP contribution < -0.4 is 4.74 Å². The molecule has 0 radical (unpaired) electrons. The number of ether oxygens (including phenoxy) is 1. The highest BCUT2D eigenvalue weighted by molar-refractivity contribution is 5.86. The van der Waals surface area contributed by atoms with Gasteiger partial charge >= 0.3 is 0 Å². The SMILES string of the molecule is CCc1coc2c(OC)cccc12. The Kier molecular flexibility index (Phi) is 1.97. The van der Waals surface area contributed by atoms with E-state index in [0.29, 0.717) is 0 Å². The van der Waals surface area contributed by atoms with Crippen molar-refractivity contribution in [1.29, 1.82) is 0 Å². The number of methoxy groups -OCH3 is 1. The molecule has 0 atom stereocenters. The summed E-state index contributed by atoms with van der Waals surface area (Å²) in [5.41, 5.74) is 2.08. The Morgan fingerprint density at radius 3 is 2.92 bits per heavy atom. The van der Waals surface area contributed by atoms with Crippen molar-refractivity contribution in [3.63, 3.8) is 0 Å². The van der Waals surface area contributed by atoms with Gasteiger partial charge < -0.3 is 9.15 Å². The maximum Gasteiger partial charge on any atom is 0.175 e. The predicted octanol–water partition coefficient (Wildman–Crippen LogP) is 3.00. The van der Waals surface area contributed by atoms with E-state index in [9.17, 15) is 0 Å². The van der Waals surface area contributed by atoms with Gasteiger partial charge in [-0.15, -0.1) is 0 Å². The van der Waals surface area contributed by atoms with Gasteiger partial charge in [0.25, 0.3) is 0 Å². The maximum atomic E-state index is 5.44. The van der Waals surface area contributed by atoms with Crippen LogP contribution in [-0.2, 0) is 6.42 Å². The molecule has 1 heterocycles. The first-order valence-electron chi connectivity index (χ1n) is 4.40. The molecule has 1 aromatic carbocycles. The summed E-state index contributed by atoms with van der Waals surface area (Å²) >= 11 is 0. The maximum absolute atomic E-state index is 5.44. The number of hydrogen-bond acceptors (Lipinski definition) is 2. The number of fused-ring (bicyclic) bond motifs is 1. The van der Waals surface area contributed by atoms with E-state index >= 15 is 0 Å². The standard InChI is InChI=1S/C11H12O2/c1-3-8-7-13-11-9(8)5-4-6-10(11)12-2/h4-7H,3H2,1-2H3. The van der Waals surface area contributed by atoms with Crippen LogP contribution >= 0.6 is 0 Å². The van der Waals surface area contributed by atoms with Gasteiger partial charge in [0.2, 0.25) is 0 Å². The molecule has 2 aromatic rings. The second-order valence-electron chi connectivity index (χ2n) is 2.95. The second-order valence-corrected chi connectivity index (χ2v) is 2.95. The molecule has 0 aliphatic heterocycles. The Labute approximate surface area is 77.1 Å². The first kappa shape index (κ1) is 8.17. The van der Waals surface area contributed by atoms with Crippen LogP contribution in [0.25, 0.3) is 11.0 Å². The Morgan fingerprint density at radius 1 is 1.38 bits per heavy atom. The van der Waals surface area contributed by atoms with Crippen molar-refractivity contribution in [2.45, 2.75) is 13.3 Å². The molecular weight excluding hydrogens is 164 g/mol. The molecule has 0 fully saturated rings. The van der Waals surface area contributed by atoms with E-state index in [0.717, 1.165) is 23.1 Å². The molecule has 0 spiro atoms. The third-order valence-electron chi connectivity index (χ3n) is 2.24. The fourth-order valence-electron chi connectivity index (χ4n) is 1.52. The summed E-state index contributed by atoms with van der Waals surface area (Å²) in [5, 5.41) is 1.15. The topological polar surface area (TPSA) is 22.4 Å². The van der Waals surface area contributed by atoms with Crippen molar-refractivity contribution < 1.29 is 9.15 Å². The van der Waals surface area contributed by atoms with Crippen LogP contribution in [0.15, 0.2) is 28.9 Å². The number of furan rings is 1. The largest absolute Gasteiger partial charge is 0.493 e. The molecule has 0 saturated heterocycles. The van der Waals surface area contributed by atoms with Gasteiger partial charge in [-0.1, -0.05) is 19.1 Å². The Balaban J connectivity index is 2.72. The first-order valence-corrected chi connectivity index (χ1v) is 4.40.